The van der Waals surface area contributed by atoms with E-state index in [0.717, 1.165) is 19.4 Å². The molecule has 2 heterocycles. The highest BCUT2D eigenvalue weighted by Crippen LogP contribution is 2.24. The molecule has 1 saturated heterocycles. The summed E-state index contributed by atoms with van der Waals surface area (Å²) in [5, 5.41) is 0.147. The van der Waals surface area contributed by atoms with Gasteiger partial charge in [0.1, 0.15) is 12.3 Å². The van der Waals surface area contributed by atoms with Gasteiger partial charge in [-0.15, -0.1) is 0 Å². The van der Waals surface area contributed by atoms with Gasteiger partial charge in [0.2, 0.25) is 11.2 Å². The summed E-state index contributed by atoms with van der Waals surface area (Å²) in [6.07, 6.45) is 2.22. The Bertz CT molecular complexity index is 381. The maximum absolute atomic E-state index is 5.79. The Kier molecular flexibility index (Phi) is 3.46. The van der Waals surface area contributed by atoms with E-state index in [-0.39, 0.29) is 11.4 Å². The molecule has 16 heavy (non-hydrogen) atoms. The van der Waals surface area contributed by atoms with E-state index in [1.165, 1.54) is 0 Å². The van der Waals surface area contributed by atoms with Crippen LogP contribution in [0, 0.1) is 6.92 Å². The summed E-state index contributed by atoms with van der Waals surface area (Å²) in [5.74, 6) is 0.341. The van der Waals surface area contributed by atoms with Crippen LogP contribution >= 0.6 is 11.6 Å². The van der Waals surface area contributed by atoms with Gasteiger partial charge in [0.25, 0.3) is 0 Å². The van der Waals surface area contributed by atoms with E-state index < -0.39 is 0 Å². The molecule has 0 aromatic carbocycles. The monoisotopic (exact) mass is 243 g/mol. The van der Waals surface area contributed by atoms with E-state index in [9.17, 15) is 0 Å². The number of ether oxygens (including phenoxy) is 2. The third kappa shape index (κ3) is 2.54. The number of hydrogen-bond donors (Lipinski definition) is 1. The molecule has 2 N–H and O–H groups in total. The lowest BCUT2D eigenvalue weighted by Crippen LogP contribution is -2.17. The van der Waals surface area contributed by atoms with Gasteiger partial charge < -0.3 is 15.2 Å². The first kappa shape index (κ1) is 11.4. The molecule has 1 unspecified atom stereocenters. The quantitative estimate of drug-likeness (QED) is 0.817. The van der Waals surface area contributed by atoms with Gasteiger partial charge in [-0.2, -0.15) is 4.98 Å². The van der Waals surface area contributed by atoms with Crippen LogP contribution in [-0.4, -0.2) is 29.3 Å². The Morgan fingerprint density at radius 2 is 2.38 bits per heavy atom. The van der Waals surface area contributed by atoms with Gasteiger partial charge in [0, 0.05) is 6.61 Å². The van der Waals surface area contributed by atoms with Gasteiger partial charge in [-0.3, -0.25) is 0 Å². The molecule has 1 aromatic rings. The first-order valence-corrected chi connectivity index (χ1v) is 5.58. The van der Waals surface area contributed by atoms with Crippen molar-refractivity contribution < 1.29 is 9.47 Å². The zero-order valence-corrected chi connectivity index (χ0v) is 9.83. The van der Waals surface area contributed by atoms with Gasteiger partial charge in [0.15, 0.2) is 0 Å². The molecule has 0 amide bonds. The van der Waals surface area contributed by atoms with Gasteiger partial charge >= 0.3 is 0 Å². The summed E-state index contributed by atoms with van der Waals surface area (Å²) >= 11 is 5.73. The molecule has 1 atom stereocenters. The van der Waals surface area contributed by atoms with Crippen LogP contribution in [0.5, 0.6) is 5.88 Å². The second-order valence-corrected chi connectivity index (χ2v) is 4.08. The minimum Gasteiger partial charge on any atom is -0.473 e. The molecular weight excluding hydrogens is 230 g/mol. The number of nitrogen functional groups attached to an aromatic ring is 1. The van der Waals surface area contributed by atoms with E-state index in [2.05, 4.69) is 9.97 Å². The highest BCUT2D eigenvalue weighted by Gasteiger charge is 2.17. The van der Waals surface area contributed by atoms with Crippen LogP contribution in [-0.2, 0) is 4.74 Å². The molecule has 5 nitrogen and oxygen atoms in total. The first-order chi connectivity index (χ1) is 7.66. The number of halogens is 1. The fourth-order valence-corrected chi connectivity index (χ4v) is 1.78. The highest BCUT2D eigenvalue weighted by atomic mass is 35.5. The standard InChI is InChI=1S/C10H14ClN3O2/c1-6-8(12)9(14-10(11)13-6)16-5-7-3-2-4-15-7/h7H,2-5,12H2,1H3. The normalized spacial score (nSPS) is 20.0. The van der Waals surface area contributed by atoms with Gasteiger partial charge in [0.05, 0.1) is 11.8 Å². The molecule has 1 aliphatic heterocycles. The van der Waals surface area contributed by atoms with Crippen molar-refractivity contribution in [1.29, 1.82) is 0 Å². The third-order valence-corrected chi connectivity index (χ3v) is 2.67. The molecule has 1 aromatic heterocycles. The molecule has 88 valence electrons. The molecule has 0 saturated carbocycles. The Morgan fingerprint density at radius 3 is 3.06 bits per heavy atom. The van der Waals surface area contributed by atoms with Crippen molar-refractivity contribution in [2.45, 2.75) is 25.9 Å². The maximum Gasteiger partial charge on any atom is 0.242 e. The number of hydrogen-bond acceptors (Lipinski definition) is 5. The Labute approximate surface area is 98.9 Å². The number of nitrogens with two attached hydrogens (primary N) is 1. The second kappa shape index (κ2) is 4.84. The molecule has 1 fully saturated rings. The summed E-state index contributed by atoms with van der Waals surface area (Å²) in [7, 11) is 0. The molecule has 0 aliphatic carbocycles. The summed E-state index contributed by atoms with van der Waals surface area (Å²) < 4.78 is 10.9. The smallest absolute Gasteiger partial charge is 0.242 e. The predicted octanol–water partition coefficient (Wildman–Crippen LogP) is 1.58. The molecule has 0 radical (unpaired) electrons. The minimum absolute atomic E-state index is 0.133. The lowest BCUT2D eigenvalue weighted by molar-refractivity contribution is 0.0666. The van der Waals surface area contributed by atoms with Crippen molar-refractivity contribution in [2.24, 2.45) is 0 Å². The van der Waals surface area contributed by atoms with Crippen LogP contribution in [0.1, 0.15) is 18.5 Å². The Hall–Kier alpha value is -1.07. The van der Waals surface area contributed by atoms with Crippen LogP contribution in [0.4, 0.5) is 5.69 Å². The number of anilines is 1. The van der Waals surface area contributed by atoms with Crippen LogP contribution in [0.2, 0.25) is 5.28 Å². The number of aryl methyl sites for hydroxylation is 1. The van der Waals surface area contributed by atoms with Crippen molar-refractivity contribution in [3.8, 4) is 5.88 Å². The molecule has 1 aliphatic rings. The Balaban J connectivity index is 2.02. The van der Waals surface area contributed by atoms with Gasteiger partial charge in [-0.25, -0.2) is 4.98 Å². The van der Waals surface area contributed by atoms with Crippen LogP contribution in [0.25, 0.3) is 0 Å². The lowest BCUT2D eigenvalue weighted by atomic mass is 10.2. The van der Waals surface area contributed by atoms with Gasteiger partial charge in [-0.05, 0) is 31.4 Å². The average Bonchev–Trinajstić information content (AvgIpc) is 2.74. The lowest BCUT2D eigenvalue weighted by Gasteiger charge is -2.12. The maximum atomic E-state index is 5.79. The number of rotatable bonds is 3. The third-order valence-electron chi connectivity index (χ3n) is 2.50. The van der Waals surface area contributed by atoms with E-state index in [0.29, 0.717) is 23.9 Å². The fraction of sp³-hybridized carbons (Fsp3) is 0.600. The predicted molar refractivity (Wildman–Crippen MR) is 60.7 cm³/mol. The largest absolute Gasteiger partial charge is 0.473 e. The summed E-state index contributed by atoms with van der Waals surface area (Å²) in [4.78, 5) is 7.88. The topological polar surface area (TPSA) is 70.3 Å². The average molecular weight is 244 g/mol. The molecule has 6 heteroatoms. The van der Waals surface area contributed by atoms with Crippen LogP contribution < -0.4 is 10.5 Å². The zero-order chi connectivity index (χ0) is 11.5. The number of aromatic nitrogens is 2. The van der Waals surface area contributed by atoms with Crippen molar-refractivity contribution in [3.63, 3.8) is 0 Å². The molecular formula is C10H14ClN3O2. The molecule has 2 rings (SSSR count). The van der Waals surface area contributed by atoms with Crippen LogP contribution in [0.3, 0.4) is 0 Å². The summed E-state index contributed by atoms with van der Waals surface area (Å²) in [6, 6.07) is 0. The number of nitrogens with zero attached hydrogens (tertiary/aromatic N) is 2. The van der Waals surface area contributed by atoms with E-state index in [4.69, 9.17) is 26.8 Å². The summed E-state index contributed by atoms with van der Waals surface area (Å²) in [6.45, 7) is 3.02. The van der Waals surface area contributed by atoms with Crippen molar-refractivity contribution >= 4 is 17.3 Å². The Morgan fingerprint density at radius 1 is 1.56 bits per heavy atom. The first-order valence-electron chi connectivity index (χ1n) is 5.21. The van der Waals surface area contributed by atoms with Crippen molar-refractivity contribution in [1.82, 2.24) is 9.97 Å². The fourth-order valence-electron chi connectivity index (χ4n) is 1.58. The molecule has 0 bridgehead atoms. The SMILES string of the molecule is Cc1nc(Cl)nc(OCC2CCCO2)c1N. The molecule has 0 spiro atoms. The van der Waals surface area contributed by atoms with E-state index >= 15 is 0 Å². The van der Waals surface area contributed by atoms with Crippen molar-refractivity contribution in [3.05, 3.63) is 11.0 Å². The van der Waals surface area contributed by atoms with E-state index in [1.54, 1.807) is 6.92 Å². The van der Waals surface area contributed by atoms with Crippen LogP contribution in [0.15, 0.2) is 0 Å². The van der Waals surface area contributed by atoms with E-state index in [1.807, 2.05) is 0 Å². The summed E-state index contributed by atoms with van der Waals surface area (Å²) in [5.41, 5.74) is 6.85. The van der Waals surface area contributed by atoms with Gasteiger partial charge in [-0.1, -0.05) is 0 Å². The second-order valence-electron chi connectivity index (χ2n) is 3.74. The van der Waals surface area contributed by atoms with Crippen molar-refractivity contribution in [2.75, 3.05) is 18.9 Å². The zero-order valence-electron chi connectivity index (χ0n) is 9.07. The highest BCUT2D eigenvalue weighted by molar-refractivity contribution is 6.28. The minimum atomic E-state index is 0.133.